The van der Waals surface area contributed by atoms with E-state index in [0.717, 1.165) is 24.3 Å². The summed E-state index contributed by atoms with van der Waals surface area (Å²) >= 11 is 0. The van der Waals surface area contributed by atoms with Crippen molar-refractivity contribution >= 4 is 22.1 Å². The molecule has 0 heterocycles. The summed E-state index contributed by atoms with van der Waals surface area (Å²) in [4.78, 5) is 25.2. The van der Waals surface area contributed by atoms with E-state index >= 15 is 0 Å². The first-order valence-corrected chi connectivity index (χ1v) is 6.00. The Hall–Kier alpha value is -2.14. The van der Waals surface area contributed by atoms with E-state index in [1.165, 1.54) is 0 Å². The molecule has 0 atom stereocenters. The van der Waals surface area contributed by atoms with Crippen molar-refractivity contribution in [3.05, 3.63) is 35.4 Å². The molecule has 7 nitrogen and oxygen atoms in total. The predicted molar refractivity (Wildman–Crippen MR) is 54.9 cm³/mol. The van der Waals surface area contributed by atoms with Crippen molar-refractivity contribution in [1.82, 2.24) is 0 Å². The number of halogens is 3. The van der Waals surface area contributed by atoms with E-state index in [1.54, 1.807) is 0 Å². The second kappa shape index (κ2) is 5.46. The van der Waals surface area contributed by atoms with E-state index < -0.39 is 33.1 Å². The molecule has 0 saturated carbocycles. The Morgan fingerprint density at radius 3 is 1.90 bits per heavy atom. The number of benzene rings is 1. The summed E-state index contributed by atoms with van der Waals surface area (Å²) < 4.78 is 59.5. The van der Waals surface area contributed by atoms with Crippen LogP contribution in [0.4, 0.5) is 13.2 Å². The molecule has 20 heavy (non-hydrogen) atoms. The summed E-state index contributed by atoms with van der Waals surface area (Å²) in [5, 5.41) is 8.57. The molecule has 0 saturated heterocycles. The SMILES string of the molecule is O=C(O)c1ccc(C(=O)OOS(=O)(=O)C(F)(F)F)cc1. The highest BCUT2D eigenvalue weighted by molar-refractivity contribution is 7.87. The van der Waals surface area contributed by atoms with Gasteiger partial charge in [-0.25, -0.2) is 9.59 Å². The second-order valence-corrected chi connectivity index (χ2v) is 4.73. The number of carboxylic acid groups (broad SMARTS) is 1. The van der Waals surface area contributed by atoms with Crippen LogP contribution in [0.1, 0.15) is 20.7 Å². The predicted octanol–water partition coefficient (Wildman–Crippen LogP) is 1.32. The first kappa shape index (κ1) is 15.9. The highest BCUT2D eigenvalue weighted by Crippen LogP contribution is 2.25. The summed E-state index contributed by atoms with van der Waals surface area (Å²) in [6.07, 6.45) is 0. The van der Waals surface area contributed by atoms with E-state index in [4.69, 9.17) is 5.11 Å². The van der Waals surface area contributed by atoms with Gasteiger partial charge in [0.2, 0.25) is 0 Å². The molecule has 0 fully saturated rings. The number of rotatable bonds is 4. The van der Waals surface area contributed by atoms with Crippen molar-refractivity contribution in [1.29, 1.82) is 0 Å². The first-order chi connectivity index (χ1) is 9.04. The molecule has 0 radical (unpaired) electrons. The normalized spacial score (nSPS) is 11.9. The zero-order chi connectivity index (χ0) is 15.6. The molecule has 0 bridgehead atoms. The minimum Gasteiger partial charge on any atom is -0.478 e. The standard InChI is InChI=1S/C9H5F3O7S/c10-9(11,12)20(16,17)19-18-8(15)6-3-1-5(2-4-6)7(13)14/h1-4H,(H,13,14). The van der Waals surface area contributed by atoms with Crippen LogP contribution in [0.2, 0.25) is 0 Å². The Balaban J connectivity index is 2.76. The summed E-state index contributed by atoms with van der Waals surface area (Å²) in [5.41, 5.74) is -6.32. The lowest BCUT2D eigenvalue weighted by Crippen LogP contribution is -2.26. The molecule has 0 aliphatic carbocycles. The third-order valence-corrected chi connectivity index (χ3v) is 2.66. The molecule has 11 heteroatoms. The van der Waals surface area contributed by atoms with Crippen molar-refractivity contribution < 1.29 is 45.5 Å². The van der Waals surface area contributed by atoms with Gasteiger partial charge in [-0.2, -0.15) is 21.6 Å². The minimum absolute atomic E-state index is 0.189. The van der Waals surface area contributed by atoms with Gasteiger partial charge < -0.3 is 5.11 Å². The maximum atomic E-state index is 11.9. The van der Waals surface area contributed by atoms with Crippen molar-refractivity contribution in [2.45, 2.75) is 5.51 Å². The molecule has 110 valence electrons. The second-order valence-electron chi connectivity index (χ2n) is 3.22. The van der Waals surface area contributed by atoms with E-state index in [1.807, 2.05) is 0 Å². The van der Waals surface area contributed by atoms with Crippen LogP contribution in [-0.2, 0) is 19.3 Å². The number of aromatic carboxylic acids is 1. The van der Waals surface area contributed by atoms with Gasteiger partial charge in [0.25, 0.3) is 0 Å². The van der Waals surface area contributed by atoms with Gasteiger partial charge in [0.1, 0.15) is 0 Å². The van der Waals surface area contributed by atoms with Crippen molar-refractivity contribution in [2.24, 2.45) is 0 Å². The van der Waals surface area contributed by atoms with Crippen LogP contribution < -0.4 is 0 Å². The molecule has 0 aliphatic heterocycles. The van der Waals surface area contributed by atoms with Crippen LogP contribution in [0, 0.1) is 0 Å². The van der Waals surface area contributed by atoms with E-state index in [0.29, 0.717) is 0 Å². The minimum atomic E-state index is -6.06. The molecule has 1 aromatic carbocycles. The maximum Gasteiger partial charge on any atom is 0.526 e. The van der Waals surface area contributed by atoms with Gasteiger partial charge in [-0.15, -0.1) is 0 Å². The molecule has 1 N–H and O–H groups in total. The van der Waals surface area contributed by atoms with Gasteiger partial charge in [-0.3, -0.25) is 4.89 Å². The van der Waals surface area contributed by atoms with Gasteiger partial charge in [0, 0.05) is 0 Å². The van der Waals surface area contributed by atoms with Gasteiger partial charge >= 0.3 is 27.6 Å². The zero-order valence-corrected chi connectivity index (χ0v) is 10.1. The van der Waals surface area contributed by atoms with Crippen molar-refractivity contribution in [2.75, 3.05) is 0 Å². The highest BCUT2D eigenvalue weighted by atomic mass is 32.2. The molecule has 0 spiro atoms. The molecule has 0 aromatic heterocycles. The Morgan fingerprint density at radius 1 is 1.05 bits per heavy atom. The topological polar surface area (TPSA) is 107 Å². The Labute approximate surface area is 109 Å². The molecular weight excluding hydrogens is 309 g/mol. The lowest BCUT2D eigenvalue weighted by Gasteiger charge is -2.06. The van der Waals surface area contributed by atoms with Crippen molar-refractivity contribution in [3.63, 3.8) is 0 Å². The highest BCUT2D eigenvalue weighted by Gasteiger charge is 2.49. The van der Waals surface area contributed by atoms with Crippen LogP contribution in [0.15, 0.2) is 24.3 Å². The van der Waals surface area contributed by atoms with Gasteiger partial charge in [0.05, 0.1) is 11.1 Å². The monoisotopic (exact) mass is 314 g/mol. The molecule has 1 rings (SSSR count). The first-order valence-electron chi connectivity index (χ1n) is 4.60. The van der Waals surface area contributed by atoms with Crippen LogP contribution >= 0.6 is 0 Å². The number of hydrogen-bond donors (Lipinski definition) is 1. The molecule has 0 amide bonds. The quantitative estimate of drug-likeness (QED) is 0.507. The number of hydrogen-bond acceptors (Lipinski definition) is 6. The van der Waals surface area contributed by atoms with Crippen LogP contribution in [0.3, 0.4) is 0 Å². The third-order valence-electron chi connectivity index (χ3n) is 1.85. The van der Waals surface area contributed by atoms with E-state index in [9.17, 15) is 31.2 Å². The molecule has 0 unspecified atom stereocenters. The molecule has 0 aliphatic rings. The van der Waals surface area contributed by atoms with Crippen LogP contribution in [-0.4, -0.2) is 31.0 Å². The van der Waals surface area contributed by atoms with Gasteiger partial charge in [-0.1, -0.05) is 0 Å². The lowest BCUT2D eigenvalue weighted by atomic mass is 10.1. The molecular formula is C9H5F3O7S. The Bertz CT molecular complexity index is 618. The maximum absolute atomic E-state index is 11.9. The van der Waals surface area contributed by atoms with Gasteiger partial charge in [-0.05, 0) is 28.6 Å². The van der Waals surface area contributed by atoms with Crippen LogP contribution in [0.25, 0.3) is 0 Å². The largest absolute Gasteiger partial charge is 0.526 e. The van der Waals surface area contributed by atoms with Gasteiger partial charge in [0.15, 0.2) is 0 Å². The average Bonchev–Trinajstić information content (AvgIpc) is 2.34. The summed E-state index contributed by atoms with van der Waals surface area (Å²) in [6.45, 7) is 0. The van der Waals surface area contributed by atoms with E-state index in [2.05, 4.69) is 9.22 Å². The van der Waals surface area contributed by atoms with E-state index in [-0.39, 0.29) is 5.56 Å². The average molecular weight is 314 g/mol. The Morgan fingerprint density at radius 2 is 1.50 bits per heavy atom. The third kappa shape index (κ3) is 3.68. The fraction of sp³-hybridized carbons (Fsp3) is 0.111. The lowest BCUT2D eigenvalue weighted by molar-refractivity contribution is -0.163. The van der Waals surface area contributed by atoms with Crippen molar-refractivity contribution in [3.8, 4) is 0 Å². The number of alkyl halides is 3. The summed E-state index contributed by atoms with van der Waals surface area (Å²) in [5.74, 6) is -2.82. The number of carboxylic acids is 1. The fourth-order valence-electron chi connectivity index (χ4n) is 0.911. The number of carbonyl (C=O) groups excluding carboxylic acids is 1. The van der Waals surface area contributed by atoms with Crippen LogP contribution in [0.5, 0.6) is 0 Å². The Kier molecular flexibility index (Phi) is 4.35. The zero-order valence-electron chi connectivity index (χ0n) is 9.25. The molecule has 1 aromatic rings. The summed E-state index contributed by atoms with van der Waals surface area (Å²) in [6, 6.07) is 3.76. The smallest absolute Gasteiger partial charge is 0.478 e. The number of carbonyl (C=O) groups is 2. The summed E-state index contributed by atoms with van der Waals surface area (Å²) in [7, 11) is -6.06. The fourth-order valence-corrected chi connectivity index (χ4v) is 1.14.